The molecule has 0 aromatic heterocycles. The summed E-state index contributed by atoms with van der Waals surface area (Å²) >= 11 is 0. The van der Waals surface area contributed by atoms with E-state index < -0.39 is 88.2 Å². The van der Waals surface area contributed by atoms with Crippen LogP contribution in [-0.2, 0) is 23.9 Å². The fourth-order valence-electron chi connectivity index (χ4n) is 7.41. The molecule has 0 aromatic rings. The summed E-state index contributed by atoms with van der Waals surface area (Å²) < 4.78 is 11.0. The quantitative estimate of drug-likeness (QED) is 0.284. The molecule has 2 aliphatic heterocycles. The number of hydrogen-bond acceptors (Lipinski definition) is 9. The van der Waals surface area contributed by atoms with E-state index in [9.17, 15) is 45.0 Å². The molecular formula is C20H28O11. The Morgan fingerprint density at radius 2 is 1.71 bits per heavy atom. The molecule has 174 valence electrons. The van der Waals surface area contributed by atoms with Crippen molar-refractivity contribution in [2.75, 3.05) is 0 Å². The van der Waals surface area contributed by atoms with Crippen molar-refractivity contribution in [3.8, 4) is 0 Å². The van der Waals surface area contributed by atoms with Crippen molar-refractivity contribution in [2.24, 2.45) is 28.1 Å². The predicted octanol–water partition coefficient (Wildman–Crippen LogP) is -1.30. The van der Waals surface area contributed by atoms with Gasteiger partial charge in [0.2, 0.25) is 11.9 Å². The lowest BCUT2D eigenvalue weighted by molar-refractivity contribution is -0.264. The zero-order valence-corrected chi connectivity index (χ0v) is 17.6. The van der Waals surface area contributed by atoms with Gasteiger partial charge in [0.15, 0.2) is 6.10 Å². The summed E-state index contributed by atoms with van der Waals surface area (Å²) in [6, 6.07) is 0. The summed E-state index contributed by atoms with van der Waals surface area (Å²) in [6.45, 7) is 6.37. The molecule has 11 nitrogen and oxygen atoms in total. The fourth-order valence-corrected chi connectivity index (χ4v) is 7.41. The van der Waals surface area contributed by atoms with Crippen molar-refractivity contribution in [2.45, 2.75) is 76.3 Å². The molecule has 0 radical (unpaired) electrons. The van der Waals surface area contributed by atoms with Gasteiger partial charge in [-0.2, -0.15) is 0 Å². The van der Waals surface area contributed by atoms with Crippen LogP contribution in [-0.4, -0.2) is 84.4 Å². The van der Waals surface area contributed by atoms with Crippen LogP contribution in [0.15, 0.2) is 0 Å². The normalized spacial score (nSPS) is 51.7. The number of hydrogen-bond donors (Lipinski definition) is 6. The average Bonchev–Trinajstić information content (AvgIpc) is 3.22. The van der Waals surface area contributed by atoms with Gasteiger partial charge in [-0.15, -0.1) is 0 Å². The van der Waals surface area contributed by atoms with Gasteiger partial charge in [0.25, 0.3) is 0 Å². The molecule has 2 aliphatic carbocycles. The standard InChI is InChI=1S/C20H28O11/c1-7(12(24)25)19(29)10(22)6-17-9(21)5-8(16(2,3)4)18(17)11(23)13(26)30-15(18)31-20(17,19)14(27)28/h7-11,15,21-23,29H,5-6H2,1-4H3,(H,24,25)(H,27,28). The molecule has 10 unspecified atom stereocenters. The van der Waals surface area contributed by atoms with Gasteiger partial charge in [-0.05, 0) is 31.1 Å². The zero-order valence-electron chi connectivity index (χ0n) is 17.6. The lowest BCUT2D eigenvalue weighted by Gasteiger charge is -2.49. The molecule has 4 rings (SSSR count). The van der Waals surface area contributed by atoms with Gasteiger partial charge in [-0.3, -0.25) is 4.79 Å². The third-order valence-corrected chi connectivity index (χ3v) is 8.54. The number of aliphatic hydroxyl groups is 4. The minimum absolute atomic E-state index is 0.0731. The number of carboxylic acid groups (broad SMARTS) is 2. The lowest BCUT2D eigenvalue weighted by Crippen LogP contribution is -2.71. The number of aliphatic hydroxyl groups excluding tert-OH is 3. The van der Waals surface area contributed by atoms with Gasteiger partial charge < -0.3 is 40.1 Å². The maximum absolute atomic E-state index is 12.8. The molecule has 2 spiro atoms. The van der Waals surface area contributed by atoms with Crippen molar-refractivity contribution in [1.82, 2.24) is 0 Å². The molecule has 0 bridgehead atoms. The first-order valence-corrected chi connectivity index (χ1v) is 10.2. The van der Waals surface area contributed by atoms with Crippen LogP contribution in [0.2, 0.25) is 0 Å². The third-order valence-electron chi connectivity index (χ3n) is 8.54. The van der Waals surface area contributed by atoms with Crippen LogP contribution in [0, 0.1) is 28.1 Å². The van der Waals surface area contributed by atoms with E-state index in [0.29, 0.717) is 0 Å². The Morgan fingerprint density at radius 1 is 1.13 bits per heavy atom. The highest BCUT2D eigenvalue weighted by Crippen LogP contribution is 2.81. The molecule has 4 fully saturated rings. The van der Waals surface area contributed by atoms with E-state index in [1.54, 1.807) is 20.8 Å². The van der Waals surface area contributed by atoms with Crippen molar-refractivity contribution >= 4 is 17.9 Å². The van der Waals surface area contributed by atoms with Gasteiger partial charge in [0.1, 0.15) is 5.60 Å². The Balaban J connectivity index is 2.11. The first-order chi connectivity index (χ1) is 14.1. The van der Waals surface area contributed by atoms with Gasteiger partial charge in [0.05, 0.1) is 29.0 Å². The highest BCUT2D eigenvalue weighted by Gasteiger charge is 2.96. The second-order valence-electron chi connectivity index (χ2n) is 10.5. The SMILES string of the molecule is CC(C(=O)O)C1(O)C(O)CC23C(O)CC(C(C)(C)C)C24C(OC(=O)C4O)OC13C(=O)O. The number of ether oxygens (including phenoxy) is 2. The number of carbonyl (C=O) groups excluding carboxylic acids is 1. The second kappa shape index (κ2) is 5.96. The number of rotatable bonds is 3. The van der Waals surface area contributed by atoms with Gasteiger partial charge in [-0.1, -0.05) is 20.8 Å². The van der Waals surface area contributed by atoms with Crippen LogP contribution in [0.4, 0.5) is 0 Å². The van der Waals surface area contributed by atoms with Crippen molar-refractivity contribution in [3.05, 3.63) is 0 Å². The third kappa shape index (κ3) is 1.97. The van der Waals surface area contributed by atoms with Crippen molar-refractivity contribution in [3.63, 3.8) is 0 Å². The highest BCUT2D eigenvalue weighted by atomic mass is 16.7. The van der Waals surface area contributed by atoms with Crippen LogP contribution in [0.5, 0.6) is 0 Å². The Bertz CT molecular complexity index is 866. The van der Waals surface area contributed by atoms with Gasteiger partial charge in [0, 0.05) is 0 Å². The van der Waals surface area contributed by atoms with E-state index in [1.165, 1.54) is 0 Å². The second-order valence-corrected chi connectivity index (χ2v) is 10.5. The van der Waals surface area contributed by atoms with Crippen LogP contribution < -0.4 is 0 Å². The summed E-state index contributed by atoms with van der Waals surface area (Å²) in [6.07, 6.45) is -7.74. The summed E-state index contributed by atoms with van der Waals surface area (Å²) in [7, 11) is 0. The summed E-state index contributed by atoms with van der Waals surface area (Å²) in [4.78, 5) is 37.1. The molecule has 10 atom stereocenters. The topological polar surface area (TPSA) is 191 Å². The molecule has 2 saturated heterocycles. The molecule has 4 aliphatic rings. The molecule has 31 heavy (non-hydrogen) atoms. The van der Waals surface area contributed by atoms with E-state index in [2.05, 4.69) is 0 Å². The monoisotopic (exact) mass is 444 g/mol. The van der Waals surface area contributed by atoms with Crippen LogP contribution in [0.3, 0.4) is 0 Å². The van der Waals surface area contributed by atoms with E-state index in [-0.39, 0.29) is 6.42 Å². The number of esters is 1. The number of carboxylic acids is 2. The van der Waals surface area contributed by atoms with E-state index in [4.69, 9.17) is 9.47 Å². The minimum atomic E-state index is -2.89. The van der Waals surface area contributed by atoms with E-state index >= 15 is 0 Å². The van der Waals surface area contributed by atoms with Gasteiger partial charge >= 0.3 is 17.9 Å². The molecule has 6 N–H and O–H groups in total. The van der Waals surface area contributed by atoms with Crippen LogP contribution >= 0.6 is 0 Å². The molecule has 11 heteroatoms. The summed E-state index contributed by atoms with van der Waals surface area (Å²) in [5, 5.41) is 64.9. The Hall–Kier alpha value is -1.79. The predicted molar refractivity (Wildman–Crippen MR) is 98.1 cm³/mol. The largest absolute Gasteiger partial charge is 0.481 e. The maximum Gasteiger partial charge on any atom is 0.340 e. The smallest absolute Gasteiger partial charge is 0.340 e. The molecule has 2 saturated carbocycles. The van der Waals surface area contributed by atoms with Crippen LogP contribution in [0.1, 0.15) is 40.5 Å². The Labute approximate surface area is 177 Å². The van der Waals surface area contributed by atoms with E-state index in [0.717, 1.165) is 6.92 Å². The summed E-state index contributed by atoms with van der Waals surface area (Å²) in [5.41, 5.74) is -10.4. The van der Waals surface area contributed by atoms with Crippen LogP contribution in [0.25, 0.3) is 0 Å². The van der Waals surface area contributed by atoms with Crippen molar-refractivity contribution < 1.29 is 54.5 Å². The first kappa shape index (κ1) is 22.4. The molecular weight excluding hydrogens is 416 g/mol. The average molecular weight is 444 g/mol. The highest BCUT2D eigenvalue weighted by molar-refractivity contribution is 5.88. The Kier molecular flexibility index (Phi) is 4.31. The van der Waals surface area contributed by atoms with Crippen molar-refractivity contribution in [1.29, 1.82) is 0 Å². The summed E-state index contributed by atoms with van der Waals surface area (Å²) in [5.74, 6) is -7.03. The number of aliphatic carboxylic acids is 2. The zero-order chi connectivity index (χ0) is 23.5. The maximum atomic E-state index is 12.8. The van der Waals surface area contributed by atoms with Gasteiger partial charge in [-0.25, -0.2) is 9.59 Å². The fraction of sp³-hybridized carbons (Fsp3) is 0.850. The molecule has 0 amide bonds. The first-order valence-electron chi connectivity index (χ1n) is 10.2. The van der Waals surface area contributed by atoms with E-state index in [1.807, 2.05) is 0 Å². The lowest BCUT2D eigenvalue weighted by atomic mass is 9.51. The molecule has 2 heterocycles. The Morgan fingerprint density at radius 3 is 2.19 bits per heavy atom. The minimum Gasteiger partial charge on any atom is -0.481 e. The number of carbonyl (C=O) groups is 3. The molecule has 0 aromatic carbocycles.